The first-order valence-corrected chi connectivity index (χ1v) is 4.71. The van der Waals surface area contributed by atoms with E-state index in [-0.39, 0.29) is 25.6 Å². The van der Waals surface area contributed by atoms with Crippen LogP contribution in [0.5, 0.6) is 0 Å². The highest BCUT2D eigenvalue weighted by Crippen LogP contribution is 1.90. The van der Waals surface area contributed by atoms with Crippen LogP contribution in [-0.2, 0) is 4.79 Å². The lowest BCUT2D eigenvalue weighted by molar-refractivity contribution is -0.122. The first-order chi connectivity index (χ1) is 6.74. The molecular weight excluding hydrogens is 182 g/mol. The zero-order chi connectivity index (χ0) is 10.8. The molecule has 0 saturated carbocycles. The molecule has 14 heavy (non-hydrogen) atoms. The summed E-state index contributed by atoms with van der Waals surface area (Å²) in [5.41, 5.74) is 0. The summed E-state index contributed by atoms with van der Waals surface area (Å²) in [6, 6.07) is 1.84. The predicted octanol–water partition coefficient (Wildman–Crippen LogP) is -0.670. The minimum absolute atomic E-state index is 0.0520. The Morgan fingerprint density at radius 2 is 2.36 bits per heavy atom. The molecule has 5 nitrogen and oxygen atoms in total. The molecule has 80 valence electrons. The summed E-state index contributed by atoms with van der Waals surface area (Å²) in [4.78, 5) is 13.1. The quantitative estimate of drug-likeness (QED) is 0.533. The number of carbonyl (C=O) groups excluding carboxylic acids is 1. The van der Waals surface area contributed by atoms with Crippen molar-refractivity contribution in [1.29, 1.82) is 5.26 Å². The summed E-state index contributed by atoms with van der Waals surface area (Å²) in [5, 5.41) is 19.3. The van der Waals surface area contributed by atoms with Gasteiger partial charge in [-0.2, -0.15) is 5.26 Å². The maximum atomic E-state index is 11.2. The Morgan fingerprint density at radius 1 is 1.64 bits per heavy atom. The van der Waals surface area contributed by atoms with Crippen LogP contribution in [0.15, 0.2) is 0 Å². The lowest BCUT2D eigenvalue weighted by Crippen LogP contribution is -2.38. The van der Waals surface area contributed by atoms with E-state index in [9.17, 15) is 4.79 Å². The Balaban J connectivity index is 3.69. The van der Waals surface area contributed by atoms with Crippen molar-refractivity contribution in [3.05, 3.63) is 0 Å². The molecule has 0 radical (unpaired) electrons. The number of nitrogens with one attached hydrogen (secondary N) is 1. The van der Waals surface area contributed by atoms with E-state index in [1.165, 1.54) is 0 Å². The van der Waals surface area contributed by atoms with E-state index >= 15 is 0 Å². The van der Waals surface area contributed by atoms with Gasteiger partial charge >= 0.3 is 0 Å². The van der Waals surface area contributed by atoms with Crippen molar-refractivity contribution in [2.75, 3.05) is 32.8 Å². The summed E-state index contributed by atoms with van der Waals surface area (Å²) >= 11 is 0. The van der Waals surface area contributed by atoms with Crippen molar-refractivity contribution in [3.63, 3.8) is 0 Å². The van der Waals surface area contributed by atoms with Crippen LogP contribution in [0.3, 0.4) is 0 Å². The van der Waals surface area contributed by atoms with Gasteiger partial charge in [0.2, 0.25) is 5.91 Å². The van der Waals surface area contributed by atoms with Gasteiger partial charge in [0.1, 0.15) is 6.54 Å². The number of aliphatic hydroxyl groups excluding tert-OH is 1. The molecule has 0 aliphatic rings. The van der Waals surface area contributed by atoms with Crippen molar-refractivity contribution in [2.45, 2.75) is 13.3 Å². The Kier molecular flexibility index (Phi) is 7.80. The maximum absolute atomic E-state index is 11.2. The number of hydrogen-bond acceptors (Lipinski definition) is 4. The number of amides is 1. The van der Waals surface area contributed by atoms with Gasteiger partial charge in [-0.25, -0.2) is 0 Å². The minimum Gasteiger partial charge on any atom is -0.396 e. The summed E-state index contributed by atoms with van der Waals surface area (Å²) < 4.78 is 0. The number of likely N-dealkylation sites (N-methyl/N-ethyl adjacent to an activating group) is 1. The lowest BCUT2D eigenvalue weighted by Gasteiger charge is -2.18. The van der Waals surface area contributed by atoms with E-state index in [1.54, 1.807) is 0 Å². The van der Waals surface area contributed by atoms with Crippen LogP contribution in [0.25, 0.3) is 0 Å². The number of aliphatic hydroxyl groups is 1. The fourth-order valence-electron chi connectivity index (χ4n) is 1.04. The molecule has 0 aromatic carbocycles. The number of hydrogen-bond donors (Lipinski definition) is 2. The molecule has 0 rings (SSSR count). The van der Waals surface area contributed by atoms with Crippen molar-refractivity contribution in [3.8, 4) is 6.07 Å². The third-order valence-electron chi connectivity index (χ3n) is 1.81. The fraction of sp³-hybridized carbons (Fsp3) is 0.778. The second-order valence-corrected chi connectivity index (χ2v) is 2.88. The van der Waals surface area contributed by atoms with Crippen LogP contribution in [0.4, 0.5) is 0 Å². The second-order valence-electron chi connectivity index (χ2n) is 2.88. The number of nitrogens with zero attached hydrogens (tertiary/aromatic N) is 2. The molecular formula is C9H17N3O2. The molecule has 1 amide bonds. The summed E-state index contributed by atoms with van der Waals surface area (Å²) in [7, 11) is 0. The molecule has 0 unspecified atom stereocenters. The average molecular weight is 199 g/mol. The normalized spacial score (nSPS) is 9.86. The monoisotopic (exact) mass is 199 g/mol. The molecule has 0 bridgehead atoms. The van der Waals surface area contributed by atoms with Crippen LogP contribution in [0.2, 0.25) is 0 Å². The zero-order valence-corrected chi connectivity index (χ0v) is 8.49. The second kappa shape index (κ2) is 8.48. The van der Waals surface area contributed by atoms with Crippen molar-refractivity contribution in [2.24, 2.45) is 0 Å². The summed E-state index contributed by atoms with van der Waals surface area (Å²) in [5.74, 6) is -0.147. The fourth-order valence-corrected chi connectivity index (χ4v) is 1.04. The molecule has 0 aromatic rings. The van der Waals surface area contributed by atoms with E-state index in [4.69, 9.17) is 10.4 Å². The topological polar surface area (TPSA) is 76.4 Å². The Labute approximate surface area is 84.3 Å². The minimum atomic E-state index is -0.147. The third-order valence-corrected chi connectivity index (χ3v) is 1.81. The van der Waals surface area contributed by atoms with Gasteiger partial charge in [0, 0.05) is 13.2 Å². The summed E-state index contributed by atoms with van der Waals surface area (Å²) in [6.07, 6.45) is 0.666. The highest BCUT2D eigenvalue weighted by atomic mass is 16.3. The van der Waals surface area contributed by atoms with Crippen LogP contribution in [0.1, 0.15) is 13.3 Å². The molecule has 0 saturated heterocycles. The Bertz CT molecular complexity index is 201. The van der Waals surface area contributed by atoms with Crippen LogP contribution in [-0.4, -0.2) is 48.7 Å². The standard InChI is InChI=1S/C9H17N3O2/c1-2-12(6-3-7-13)8-9(14)11-5-4-10/h13H,2-3,5-8H2,1H3,(H,11,14). The van der Waals surface area contributed by atoms with Gasteiger partial charge in [0.05, 0.1) is 12.6 Å². The molecule has 5 heteroatoms. The van der Waals surface area contributed by atoms with E-state index in [2.05, 4.69) is 5.32 Å². The van der Waals surface area contributed by atoms with E-state index in [1.807, 2.05) is 17.9 Å². The van der Waals surface area contributed by atoms with Gasteiger partial charge in [-0.1, -0.05) is 6.92 Å². The Morgan fingerprint density at radius 3 is 2.86 bits per heavy atom. The highest BCUT2D eigenvalue weighted by Gasteiger charge is 2.07. The molecule has 2 N–H and O–H groups in total. The van der Waals surface area contributed by atoms with Gasteiger partial charge in [0.25, 0.3) is 0 Å². The number of carbonyl (C=O) groups is 1. The molecule has 0 heterocycles. The number of rotatable bonds is 7. The first kappa shape index (κ1) is 12.9. The zero-order valence-electron chi connectivity index (χ0n) is 8.49. The van der Waals surface area contributed by atoms with Crippen LogP contribution >= 0.6 is 0 Å². The van der Waals surface area contributed by atoms with E-state index < -0.39 is 0 Å². The molecule has 0 atom stereocenters. The molecule has 0 spiro atoms. The molecule has 0 aliphatic heterocycles. The van der Waals surface area contributed by atoms with Crippen molar-refractivity contribution < 1.29 is 9.90 Å². The Hall–Kier alpha value is -1.12. The van der Waals surface area contributed by atoms with Gasteiger partial charge in [-0.15, -0.1) is 0 Å². The first-order valence-electron chi connectivity index (χ1n) is 4.71. The van der Waals surface area contributed by atoms with E-state index in [0.717, 1.165) is 6.54 Å². The molecule has 0 fully saturated rings. The van der Waals surface area contributed by atoms with Crippen LogP contribution < -0.4 is 5.32 Å². The van der Waals surface area contributed by atoms with Crippen molar-refractivity contribution in [1.82, 2.24) is 10.2 Å². The van der Waals surface area contributed by atoms with Crippen LogP contribution in [0, 0.1) is 11.3 Å². The highest BCUT2D eigenvalue weighted by molar-refractivity contribution is 5.78. The van der Waals surface area contributed by atoms with Gasteiger partial charge in [0.15, 0.2) is 0 Å². The largest absolute Gasteiger partial charge is 0.396 e. The van der Waals surface area contributed by atoms with Crippen molar-refractivity contribution >= 4 is 5.91 Å². The lowest BCUT2D eigenvalue weighted by atomic mass is 10.3. The molecule has 0 aromatic heterocycles. The van der Waals surface area contributed by atoms with Gasteiger partial charge < -0.3 is 10.4 Å². The van der Waals surface area contributed by atoms with Gasteiger partial charge in [-0.3, -0.25) is 9.69 Å². The summed E-state index contributed by atoms with van der Waals surface area (Å²) in [6.45, 7) is 3.90. The predicted molar refractivity (Wildman–Crippen MR) is 52.4 cm³/mol. The molecule has 0 aliphatic carbocycles. The van der Waals surface area contributed by atoms with Gasteiger partial charge in [-0.05, 0) is 13.0 Å². The average Bonchev–Trinajstić information content (AvgIpc) is 2.21. The number of nitriles is 1. The van der Waals surface area contributed by atoms with E-state index in [0.29, 0.717) is 13.0 Å². The maximum Gasteiger partial charge on any atom is 0.235 e. The smallest absolute Gasteiger partial charge is 0.235 e. The SMILES string of the molecule is CCN(CCCO)CC(=O)NCC#N. The third kappa shape index (κ3) is 6.40.